The van der Waals surface area contributed by atoms with Gasteiger partial charge in [-0.05, 0) is 29.4 Å². The lowest BCUT2D eigenvalue weighted by Gasteiger charge is -2.38. The number of benzene rings is 3. The van der Waals surface area contributed by atoms with Crippen LogP contribution in [-0.2, 0) is 19.0 Å². The summed E-state index contributed by atoms with van der Waals surface area (Å²) >= 11 is 0. The molecule has 6 nitrogen and oxygen atoms in total. The molecule has 3 heterocycles. The summed E-state index contributed by atoms with van der Waals surface area (Å²) in [7, 11) is 2.13. The van der Waals surface area contributed by atoms with Gasteiger partial charge in [0.25, 0.3) is 0 Å². The second-order valence-electron chi connectivity index (χ2n) is 9.48. The molecule has 1 unspecified atom stereocenters. The van der Waals surface area contributed by atoms with E-state index in [-0.39, 0.29) is 30.9 Å². The smallest absolute Gasteiger partial charge is 0.338 e. The van der Waals surface area contributed by atoms with Gasteiger partial charge in [0.2, 0.25) is 0 Å². The standard InChI is InChI=1S/C28H27NO5/c1-29-23-14-19(15-24(29)26-25(23)34-26)33-28(31)22(18-8-3-2-4-9-18)16-32-27(30)21-13-7-11-17-10-5-6-12-20(17)21/h2-13,19,22-26H,14-16H2,1H3/t19?,22-,23-,24+,25-,26+/m1/s1. The molecule has 3 aliphatic heterocycles. The van der Waals surface area contributed by atoms with Crippen LogP contribution in [0.25, 0.3) is 10.8 Å². The molecule has 6 heteroatoms. The fraction of sp³-hybridized carbons (Fsp3) is 0.357. The molecule has 0 aliphatic carbocycles. The van der Waals surface area contributed by atoms with Crippen LogP contribution in [0.2, 0.25) is 0 Å². The summed E-state index contributed by atoms with van der Waals surface area (Å²) in [5, 5.41) is 1.80. The topological polar surface area (TPSA) is 68.4 Å². The van der Waals surface area contributed by atoms with E-state index in [1.165, 1.54) is 0 Å². The fourth-order valence-corrected chi connectivity index (χ4v) is 5.67. The van der Waals surface area contributed by atoms with Gasteiger partial charge < -0.3 is 14.2 Å². The van der Waals surface area contributed by atoms with Crippen LogP contribution in [-0.4, -0.2) is 60.9 Å². The first-order chi connectivity index (χ1) is 16.6. The lowest BCUT2D eigenvalue weighted by atomic mass is 9.97. The summed E-state index contributed by atoms with van der Waals surface area (Å²) in [6.07, 6.45) is 1.97. The summed E-state index contributed by atoms with van der Waals surface area (Å²) in [5.41, 5.74) is 1.27. The van der Waals surface area contributed by atoms with Crippen LogP contribution in [0.15, 0.2) is 72.8 Å². The fourth-order valence-electron chi connectivity index (χ4n) is 5.67. The van der Waals surface area contributed by atoms with Crippen molar-refractivity contribution in [2.45, 2.75) is 49.2 Å². The predicted molar refractivity (Wildman–Crippen MR) is 127 cm³/mol. The molecule has 0 amide bonds. The van der Waals surface area contributed by atoms with Crippen LogP contribution in [0, 0.1) is 0 Å². The molecule has 0 spiro atoms. The average Bonchev–Trinajstić information content (AvgIpc) is 3.63. The number of likely N-dealkylation sites (N-methyl/N-ethyl adjacent to an activating group) is 1. The minimum Gasteiger partial charge on any atom is -0.462 e. The maximum Gasteiger partial charge on any atom is 0.338 e. The van der Waals surface area contributed by atoms with Gasteiger partial charge in [-0.1, -0.05) is 66.7 Å². The Hall–Kier alpha value is -3.22. The van der Waals surface area contributed by atoms with Gasteiger partial charge in [-0.2, -0.15) is 0 Å². The molecule has 0 radical (unpaired) electrons. The van der Waals surface area contributed by atoms with Crippen LogP contribution in [0.5, 0.6) is 0 Å². The maximum absolute atomic E-state index is 13.3. The molecule has 3 aromatic carbocycles. The molecule has 0 saturated carbocycles. The summed E-state index contributed by atoms with van der Waals surface area (Å²) in [4.78, 5) is 28.7. The summed E-state index contributed by atoms with van der Waals surface area (Å²) in [6.45, 7) is -0.0707. The number of hydrogen-bond donors (Lipinski definition) is 0. The molecule has 6 rings (SSSR count). The van der Waals surface area contributed by atoms with Crippen LogP contribution >= 0.6 is 0 Å². The third-order valence-electron chi connectivity index (χ3n) is 7.53. The third kappa shape index (κ3) is 3.77. The van der Waals surface area contributed by atoms with Gasteiger partial charge in [0, 0.05) is 24.9 Å². The van der Waals surface area contributed by atoms with Gasteiger partial charge in [0.05, 0.1) is 5.56 Å². The van der Waals surface area contributed by atoms with Crippen molar-refractivity contribution in [3.63, 3.8) is 0 Å². The number of epoxide rings is 1. The van der Waals surface area contributed by atoms with E-state index >= 15 is 0 Å². The zero-order chi connectivity index (χ0) is 23.2. The highest BCUT2D eigenvalue weighted by Crippen LogP contribution is 2.48. The quantitative estimate of drug-likeness (QED) is 0.413. The highest BCUT2D eigenvalue weighted by atomic mass is 16.6. The largest absolute Gasteiger partial charge is 0.462 e. The molecule has 3 aliphatic rings. The van der Waals surface area contributed by atoms with Crippen molar-refractivity contribution >= 4 is 22.7 Å². The normalized spacial score (nSPS) is 28.2. The number of fused-ring (bicyclic) bond motifs is 6. The summed E-state index contributed by atoms with van der Waals surface area (Å²) in [5.74, 6) is -1.47. The number of piperidine rings is 1. The minimum atomic E-state index is -0.678. The first-order valence-corrected chi connectivity index (χ1v) is 11.9. The Morgan fingerprint density at radius 2 is 1.62 bits per heavy atom. The Morgan fingerprint density at radius 3 is 2.38 bits per heavy atom. The monoisotopic (exact) mass is 457 g/mol. The van der Waals surface area contributed by atoms with Gasteiger partial charge >= 0.3 is 11.9 Å². The Labute approximate surface area is 198 Å². The molecule has 2 bridgehead atoms. The van der Waals surface area contributed by atoms with E-state index in [1.54, 1.807) is 6.07 Å². The molecule has 3 aromatic rings. The van der Waals surface area contributed by atoms with Crippen LogP contribution < -0.4 is 0 Å². The number of morpholine rings is 1. The van der Waals surface area contributed by atoms with Gasteiger partial charge in [0.15, 0.2) is 0 Å². The maximum atomic E-state index is 13.3. The number of rotatable bonds is 6. The number of esters is 2. The molecule has 3 fully saturated rings. The first-order valence-electron chi connectivity index (χ1n) is 11.9. The van der Waals surface area contributed by atoms with Crippen molar-refractivity contribution in [2.24, 2.45) is 0 Å². The van der Waals surface area contributed by atoms with E-state index in [9.17, 15) is 9.59 Å². The molecule has 0 N–H and O–H groups in total. The third-order valence-corrected chi connectivity index (χ3v) is 7.53. The number of hydrogen-bond acceptors (Lipinski definition) is 6. The molecule has 0 aromatic heterocycles. The Morgan fingerprint density at radius 1 is 0.941 bits per heavy atom. The van der Waals surface area contributed by atoms with Crippen molar-refractivity contribution in [2.75, 3.05) is 13.7 Å². The van der Waals surface area contributed by atoms with Crippen molar-refractivity contribution in [3.8, 4) is 0 Å². The van der Waals surface area contributed by atoms with E-state index in [4.69, 9.17) is 14.2 Å². The highest BCUT2D eigenvalue weighted by Gasteiger charge is 2.62. The van der Waals surface area contributed by atoms with E-state index in [1.807, 2.05) is 66.7 Å². The summed E-state index contributed by atoms with van der Waals surface area (Å²) in [6, 6.07) is 23.3. The van der Waals surface area contributed by atoms with E-state index in [0.717, 1.165) is 29.2 Å². The number of nitrogens with zero attached hydrogens (tertiary/aromatic N) is 1. The van der Waals surface area contributed by atoms with Gasteiger partial charge in [-0.3, -0.25) is 9.69 Å². The molecular weight excluding hydrogens is 430 g/mol. The van der Waals surface area contributed by atoms with Crippen molar-refractivity contribution in [1.82, 2.24) is 4.90 Å². The Kier molecular flexibility index (Phi) is 5.35. The van der Waals surface area contributed by atoms with Crippen LogP contribution in [0.3, 0.4) is 0 Å². The van der Waals surface area contributed by atoms with Gasteiger partial charge in [0.1, 0.15) is 30.8 Å². The van der Waals surface area contributed by atoms with Crippen molar-refractivity contribution in [3.05, 3.63) is 83.9 Å². The van der Waals surface area contributed by atoms with Gasteiger partial charge in [-0.25, -0.2) is 4.79 Å². The molecule has 174 valence electrons. The Balaban J connectivity index is 1.17. The van der Waals surface area contributed by atoms with E-state index < -0.39 is 11.9 Å². The average molecular weight is 458 g/mol. The predicted octanol–water partition coefficient (Wildman–Crippen LogP) is 3.94. The molecule has 3 saturated heterocycles. The van der Waals surface area contributed by atoms with Crippen LogP contribution in [0.4, 0.5) is 0 Å². The second-order valence-corrected chi connectivity index (χ2v) is 9.48. The lowest BCUT2D eigenvalue weighted by Crippen LogP contribution is -2.48. The minimum absolute atomic E-state index is 0.0707. The van der Waals surface area contributed by atoms with Gasteiger partial charge in [-0.15, -0.1) is 0 Å². The van der Waals surface area contributed by atoms with Crippen LogP contribution in [0.1, 0.15) is 34.7 Å². The molecule has 6 atom stereocenters. The zero-order valence-electron chi connectivity index (χ0n) is 19.0. The number of carbonyl (C=O) groups excluding carboxylic acids is 2. The number of carbonyl (C=O) groups is 2. The lowest BCUT2D eigenvalue weighted by molar-refractivity contribution is -0.156. The SMILES string of the molecule is CN1[C@@H]2CC(OC(=O)[C@H](COC(=O)c3cccc4ccccc34)c3ccccc3)C[C@H]1[C@@H]1O[C@@H]12. The molecule has 34 heavy (non-hydrogen) atoms. The zero-order valence-corrected chi connectivity index (χ0v) is 19.0. The Bertz CT molecular complexity index is 1200. The molecular formula is C28H27NO5. The first kappa shape index (κ1) is 21.3. The van der Waals surface area contributed by atoms with Crippen molar-refractivity contribution < 1.29 is 23.8 Å². The van der Waals surface area contributed by atoms with Crippen molar-refractivity contribution in [1.29, 1.82) is 0 Å². The summed E-state index contributed by atoms with van der Waals surface area (Å²) < 4.78 is 17.5. The highest BCUT2D eigenvalue weighted by molar-refractivity contribution is 6.04. The second kappa shape index (κ2) is 8.53. The number of ether oxygens (including phenoxy) is 3. The van der Waals surface area contributed by atoms with E-state index in [2.05, 4.69) is 11.9 Å². The van der Waals surface area contributed by atoms with E-state index in [0.29, 0.717) is 17.6 Å².